The van der Waals surface area contributed by atoms with Crippen molar-refractivity contribution >= 4 is 97.6 Å². The summed E-state index contributed by atoms with van der Waals surface area (Å²) in [7, 11) is 0. The molecule has 296 valence electrons. The minimum absolute atomic E-state index is 0.698. The molecule has 0 aliphatic rings. The smallest absolute Gasteiger partial charge is 0.160 e. The van der Waals surface area contributed by atoms with Crippen LogP contribution in [0.4, 0.5) is 0 Å². The van der Waals surface area contributed by atoms with Crippen LogP contribution in [0, 0.1) is 0 Å². The van der Waals surface area contributed by atoms with Gasteiger partial charge in [0.05, 0.1) is 33.3 Å². The molecule has 0 spiro atoms. The number of hydrogen-bond donors (Lipinski definition) is 0. The molecule has 0 atom stereocenters. The van der Waals surface area contributed by atoms with Crippen LogP contribution in [0.2, 0.25) is 0 Å². The van der Waals surface area contributed by atoms with Crippen molar-refractivity contribution < 1.29 is 0 Å². The predicted octanol–water partition coefficient (Wildman–Crippen LogP) is 15.8. The minimum Gasteiger partial charge on any atom is -0.309 e. The molecule has 3 heterocycles. The van der Waals surface area contributed by atoms with E-state index in [4.69, 9.17) is 9.97 Å². The summed E-state index contributed by atoms with van der Waals surface area (Å²) in [4.78, 5) is 11.1. The molecule has 4 nitrogen and oxygen atoms in total. The highest BCUT2D eigenvalue weighted by Crippen LogP contribution is 2.49. The molecule has 0 radical (unpaired) electrons. The van der Waals surface area contributed by atoms with E-state index in [1.165, 1.54) is 65.0 Å². The van der Waals surface area contributed by atoms with Gasteiger partial charge in [0, 0.05) is 71.0 Å². The summed E-state index contributed by atoms with van der Waals surface area (Å²) in [5.41, 5.74) is 10.9. The third-order valence-corrected chi connectivity index (χ3v) is 13.4. The van der Waals surface area contributed by atoms with Crippen LogP contribution in [-0.4, -0.2) is 19.1 Å². The second-order valence-electron chi connectivity index (χ2n) is 16.8. The Morgan fingerprint density at radius 2 is 0.828 bits per heavy atom. The molecule has 0 amide bonds. The van der Waals surface area contributed by atoms with Crippen LogP contribution in [0.3, 0.4) is 0 Å². The van der Waals surface area contributed by atoms with Gasteiger partial charge < -0.3 is 9.13 Å². The maximum atomic E-state index is 5.58. The molecule has 0 aliphatic carbocycles. The molecule has 3 aromatic heterocycles. The number of fused-ring (bicyclic) bond motifs is 18. The van der Waals surface area contributed by atoms with E-state index in [0.29, 0.717) is 5.82 Å². The molecule has 4 heteroatoms. The maximum Gasteiger partial charge on any atom is 0.160 e. The quantitative estimate of drug-likeness (QED) is 0.166. The first-order valence-corrected chi connectivity index (χ1v) is 21.9. The van der Waals surface area contributed by atoms with Crippen LogP contribution in [0.5, 0.6) is 0 Å². The van der Waals surface area contributed by atoms with Gasteiger partial charge in [0.2, 0.25) is 0 Å². The Labute approximate surface area is 367 Å². The Bertz CT molecular complexity index is 4220. The number of para-hydroxylation sites is 2. The maximum absolute atomic E-state index is 5.58. The van der Waals surface area contributed by atoms with E-state index in [9.17, 15) is 0 Å². The molecule has 0 unspecified atom stereocenters. The van der Waals surface area contributed by atoms with Crippen molar-refractivity contribution in [3.8, 4) is 34.0 Å². The largest absolute Gasteiger partial charge is 0.309 e. The van der Waals surface area contributed by atoms with E-state index in [-0.39, 0.29) is 0 Å². The Kier molecular flexibility index (Phi) is 7.36. The lowest BCUT2D eigenvalue weighted by molar-refractivity contribution is 1.18. The average molecular weight is 813 g/mol. The third-order valence-electron chi connectivity index (χ3n) is 13.4. The van der Waals surface area contributed by atoms with E-state index in [0.717, 1.165) is 60.8 Å². The molecule has 0 aliphatic heterocycles. The van der Waals surface area contributed by atoms with E-state index in [1.54, 1.807) is 0 Å². The normalized spacial score (nSPS) is 12.1. The van der Waals surface area contributed by atoms with Crippen LogP contribution in [-0.2, 0) is 0 Å². The van der Waals surface area contributed by atoms with Gasteiger partial charge >= 0.3 is 0 Å². The molecular weight excluding hydrogens is 777 g/mol. The van der Waals surface area contributed by atoms with E-state index in [2.05, 4.69) is 228 Å². The fourth-order valence-electron chi connectivity index (χ4n) is 10.8. The van der Waals surface area contributed by atoms with Gasteiger partial charge in [-0.1, -0.05) is 176 Å². The summed E-state index contributed by atoms with van der Waals surface area (Å²) in [6, 6.07) is 78.9. The summed E-state index contributed by atoms with van der Waals surface area (Å²) in [6.07, 6.45) is 0. The summed E-state index contributed by atoms with van der Waals surface area (Å²) in [5.74, 6) is 0.698. The van der Waals surface area contributed by atoms with Gasteiger partial charge in [-0.25, -0.2) is 9.97 Å². The second kappa shape index (κ2) is 13.4. The van der Waals surface area contributed by atoms with Crippen molar-refractivity contribution in [1.29, 1.82) is 0 Å². The van der Waals surface area contributed by atoms with Crippen LogP contribution in [0.1, 0.15) is 0 Å². The Balaban J connectivity index is 1.19. The van der Waals surface area contributed by atoms with Crippen LogP contribution < -0.4 is 0 Å². The minimum atomic E-state index is 0.698. The van der Waals surface area contributed by atoms with Gasteiger partial charge in [-0.05, 0) is 64.0 Å². The fraction of sp³-hybridized carbons (Fsp3) is 0. The zero-order valence-corrected chi connectivity index (χ0v) is 34.6. The van der Waals surface area contributed by atoms with Gasteiger partial charge in [0.25, 0.3) is 0 Å². The lowest BCUT2D eigenvalue weighted by atomic mass is 9.94. The first-order valence-electron chi connectivity index (χ1n) is 21.9. The topological polar surface area (TPSA) is 35.6 Å². The molecular formula is C60H36N4. The highest BCUT2D eigenvalue weighted by Gasteiger charge is 2.26. The van der Waals surface area contributed by atoms with Gasteiger partial charge in [0.1, 0.15) is 0 Å². The van der Waals surface area contributed by atoms with Crippen molar-refractivity contribution in [2.45, 2.75) is 0 Å². The summed E-state index contributed by atoms with van der Waals surface area (Å²) in [5, 5.41) is 15.4. The highest BCUT2D eigenvalue weighted by molar-refractivity contribution is 6.39. The van der Waals surface area contributed by atoms with Crippen molar-refractivity contribution in [1.82, 2.24) is 19.1 Å². The average Bonchev–Trinajstić information content (AvgIpc) is 3.91. The Morgan fingerprint density at radius 3 is 1.53 bits per heavy atom. The third kappa shape index (κ3) is 4.88. The lowest BCUT2D eigenvalue weighted by Gasteiger charge is -2.15. The highest BCUT2D eigenvalue weighted by atomic mass is 15.0. The first-order chi connectivity index (χ1) is 31.8. The van der Waals surface area contributed by atoms with E-state index < -0.39 is 0 Å². The Morgan fingerprint density at radius 1 is 0.297 bits per heavy atom. The zero-order chi connectivity index (χ0) is 41.9. The molecule has 11 aromatic carbocycles. The summed E-state index contributed by atoms with van der Waals surface area (Å²) in [6.45, 7) is 0. The molecule has 14 aromatic rings. The van der Waals surface area contributed by atoms with Crippen LogP contribution >= 0.6 is 0 Å². The molecule has 0 bridgehead atoms. The second-order valence-corrected chi connectivity index (χ2v) is 16.8. The van der Waals surface area contributed by atoms with Crippen LogP contribution in [0.25, 0.3) is 132 Å². The first kappa shape index (κ1) is 35.0. The van der Waals surface area contributed by atoms with Gasteiger partial charge in [-0.15, -0.1) is 0 Å². The Hall–Kier alpha value is -8.60. The van der Waals surface area contributed by atoms with E-state index >= 15 is 0 Å². The molecule has 64 heavy (non-hydrogen) atoms. The lowest BCUT2D eigenvalue weighted by Crippen LogP contribution is -1.98. The predicted molar refractivity (Wildman–Crippen MR) is 269 cm³/mol. The van der Waals surface area contributed by atoms with Crippen molar-refractivity contribution in [3.63, 3.8) is 0 Å². The van der Waals surface area contributed by atoms with Crippen molar-refractivity contribution in [3.05, 3.63) is 218 Å². The standard InChI is InChI=1S/C60H36N4/c1-4-19-38(20-5-1)55-54-45-28-14-12-26-43(45)44-27-13-15-29-46(44)56(54)62-60(61-55)39-33-35-51-50(36-39)53-52-49-34-32-37-18-10-11-25-42(37)57(49)64(41-23-8-3-9-24-41)59(52)48-31-17-16-30-47(48)58(53)63(51)40-21-6-2-7-22-40/h1-36H. The van der Waals surface area contributed by atoms with Gasteiger partial charge in [-0.2, -0.15) is 0 Å². The monoisotopic (exact) mass is 812 g/mol. The number of aromatic nitrogens is 4. The van der Waals surface area contributed by atoms with Gasteiger partial charge in [-0.3, -0.25) is 0 Å². The summed E-state index contributed by atoms with van der Waals surface area (Å²) < 4.78 is 4.98. The van der Waals surface area contributed by atoms with E-state index in [1.807, 2.05) is 0 Å². The number of rotatable bonds is 4. The molecule has 14 rings (SSSR count). The molecule has 0 N–H and O–H groups in total. The number of hydrogen-bond acceptors (Lipinski definition) is 2. The van der Waals surface area contributed by atoms with Crippen LogP contribution in [0.15, 0.2) is 218 Å². The molecule has 0 saturated heterocycles. The van der Waals surface area contributed by atoms with Crippen molar-refractivity contribution in [2.24, 2.45) is 0 Å². The fourth-order valence-corrected chi connectivity index (χ4v) is 10.8. The van der Waals surface area contributed by atoms with Crippen molar-refractivity contribution in [2.75, 3.05) is 0 Å². The SMILES string of the molecule is c1ccc(-c2nc(-c3ccc4c(c3)c3c5c6ccc7ccccc7c6n(-c6ccccc6)c5c5ccccc5c3n4-c3ccccc3)nc3c4ccccc4c4ccccc4c23)cc1. The summed E-state index contributed by atoms with van der Waals surface area (Å²) >= 11 is 0. The molecule has 0 fully saturated rings. The number of benzene rings is 11. The zero-order valence-electron chi connectivity index (χ0n) is 34.6. The van der Waals surface area contributed by atoms with Gasteiger partial charge in [0.15, 0.2) is 5.82 Å². The number of nitrogens with zero attached hydrogens (tertiary/aromatic N) is 4. The molecule has 0 saturated carbocycles.